The molecular formula is C15H33N3O3P. The fourth-order valence-corrected chi connectivity index (χ4v) is 4.97. The van der Waals surface area contributed by atoms with Crippen LogP contribution in [0.5, 0.6) is 0 Å². The van der Waals surface area contributed by atoms with Crippen molar-refractivity contribution in [2.45, 2.75) is 84.4 Å². The van der Waals surface area contributed by atoms with Crippen LogP contribution in [-0.4, -0.2) is 35.3 Å². The summed E-state index contributed by atoms with van der Waals surface area (Å²) in [5, 5.41) is 19.6. The van der Waals surface area contributed by atoms with Crippen molar-refractivity contribution in [2.24, 2.45) is 0 Å². The van der Waals surface area contributed by atoms with Gasteiger partial charge in [0.1, 0.15) is 0 Å². The van der Waals surface area contributed by atoms with Crippen LogP contribution in [0.3, 0.4) is 0 Å². The van der Waals surface area contributed by atoms with Crippen LogP contribution in [0.25, 0.3) is 0 Å². The molecule has 2 N–H and O–H groups in total. The number of piperidine rings is 1. The molecule has 0 amide bonds. The van der Waals surface area contributed by atoms with Crippen LogP contribution in [0, 0.1) is 0 Å². The lowest BCUT2D eigenvalue weighted by molar-refractivity contribution is -0.296. The molecule has 1 radical (unpaired) electrons. The van der Waals surface area contributed by atoms with Crippen molar-refractivity contribution in [3.05, 3.63) is 0 Å². The number of hydrogen-bond acceptors (Lipinski definition) is 3. The zero-order valence-electron chi connectivity index (χ0n) is 14.9. The molecule has 0 unspecified atom stereocenters. The molecule has 6 nitrogen and oxygen atoms in total. The van der Waals surface area contributed by atoms with Gasteiger partial charge in [0.25, 0.3) is 0 Å². The molecule has 1 aliphatic heterocycles. The van der Waals surface area contributed by atoms with Gasteiger partial charge in [0.2, 0.25) is 0 Å². The van der Waals surface area contributed by atoms with E-state index in [4.69, 9.17) is 4.52 Å². The Morgan fingerprint density at radius 2 is 1.45 bits per heavy atom. The van der Waals surface area contributed by atoms with Crippen molar-refractivity contribution in [1.82, 2.24) is 15.2 Å². The quantitative estimate of drug-likeness (QED) is 0.665. The molecule has 1 saturated heterocycles. The molecule has 22 heavy (non-hydrogen) atoms. The molecule has 7 heteroatoms. The molecule has 1 aliphatic rings. The lowest BCUT2D eigenvalue weighted by atomic mass is 9.80. The first-order valence-electron chi connectivity index (χ1n) is 8.32. The Hall–Kier alpha value is 0.0300. The highest BCUT2D eigenvalue weighted by Gasteiger charge is 2.48. The minimum absolute atomic E-state index is 0.199. The summed E-state index contributed by atoms with van der Waals surface area (Å²) < 4.78 is 18.9. The molecule has 1 fully saturated rings. The van der Waals surface area contributed by atoms with Gasteiger partial charge in [0.05, 0.1) is 6.10 Å². The highest BCUT2D eigenvalue weighted by atomic mass is 31.2. The number of nitrogens with zero attached hydrogens (tertiary/aromatic N) is 1. The summed E-state index contributed by atoms with van der Waals surface area (Å²) in [5.41, 5.74) is -1.04. The molecular weight excluding hydrogens is 301 g/mol. The van der Waals surface area contributed by atoms with Gasteiger partial charge >= 0.3 is 7.67 Å². The van der Waals surface area contributed by atoms with Gasteiger partial charge in [0.15, 0.2) is 0 Å². The Morgan fingerprint density at radius 1 is 1.05 bits per heavy atom. The molecule has 0 aromatic carbocycles. The first-order chi connectivity index (χ1) is 10.1. The Bertz CT molecular complexity index is 371. The Balaban J connectivity index is 2.82. The second kappa shape index (κ2) is 7.73. The van der Waals surface area contributed by atoms with Gasteiger partial charge in [-0.3, -0.25) is 4.57 Å². The van der Waals surface area contributed by atoms with E-state index in [0.29, 0.717) is 25.9 Å². The number of rotatable bonds is 8. The number of hydroxylamine groups is 2. The van der Waals surface area contributed by atoms with E-state index < -0.39 is 18.7 Å². The maximum absolute atomic E-state index is 13.0. The molecule has 0 aliphatic carbocycles. The van der Waals surface area contributed by atoms with Crippen LogP contribution >= 0.6 is 7.67 Å². The molecule has 0 spiro atoms. The first kappa shape index (κ1) is 20.1. The van der Waals surface area contributed by atoms with Crippen molar-refractivity contribution < 1.29 is 14.3 Å². The number of nitrogens with one attached hydrogen (secondary N) is 2. The minimum Gasteiger partial charge on any atom is -0.303 e. The van der Waals surface area contributed by atoms with Crippen LogP contribution in [0.15, 0.2) is 0 Å². The van der Waals surface area contributed by atoms with Crippen LogP contribution < -0.4 is 10.2 Å². The Kier molecular flexibility index (Phi) is 7.06. The molecule has 0 atom stereocenters. The topological polar surface area (TPSA) is 73.5 Å². The van der Waals surface area contributed by atoms with Crippen molar-refractivity contribution in [3.63, 3.8) is 0 Å². The fraction of sp³-hybridized carbons (Fsp3) is 1.00. The smallest absolute Gasteiger partial charge is 0.303 e. The molecule has 0 saturated carbocycles. The summed E-state index contributed by atoms with van der Waals surface area (Å²) in [4.78, 5) is 0. The van der Waals surface area contributed by atoms with E-state index >= 15 is 0 Å². The molecule has 0 aromatic heterocycles. The van der Waals surface area contributed by atoms with E-state index in [1.54, 1.807) is 0 Å². The summed E-state index contributed by atoms with van der Waals surface area (Å²) in [6, 6.07) is 0. The van der Waals surface area contributed by atoms with E-state index in [-0.39, 0.29) is 6.10 Å². The Labute approximate surface area is 135 Å². The summed E-state index contributed by atoms with van der Waals surface area (Å²) in [6.07, 6.45) is 2.72. The molecule has 131 valence electrons. The average molecular weight is 334 g/mol. The first-order valence-corrected chi connectivity index (χ1v) is 9.95. The summed E-state index contributed by atoms with van der Waals surface area (Å²) >= 11 is 0. The third kappa shape index (κ3) is 5.29. The zero-order chi connectivity index (χ0) is 17.0. The van der Waals surface area contributed by atoms with Crippen LogP contribution in [0.2, 0.25) is 0 Å². The van der Waals surface area contributed by atoms with Crippen molar-refractivity contribution in [1.29, 1.82) is 0 Å². The van der Waals surface area contributed by atoms with E-state index in [0.717, 1.165) is 17.9 Å². The largest absolute Gasteiger partial charge is 0.341 e. The normalized spacial score (nSPS) is 22.9. The maximum atomic E-state index is 13.0. The van der Waals surface area contributed by atoms with E-state index in [1.165, 1.54) is 0 Å². The molecule has 1 rings (SSSR count). The second-order valence-electron chi connectivity index (χ2n) is 7.42. The summed E-state index contributed by atoms with van der Waals surface area (Å²) in [6.45, 7) is 13.0. The SMILES string of the molecule is CCCNP(=O)(NCCC)OC1CC(C)(C)N([O])C(C)(C)C1. The predicted octanol–water partition coefficient (Wildman–Crippen LogP) is 3.48. The van der Waals surface area contributed by atoms with Crippen molar-refractivity contribution in [3.8, 4) is 0 Å². The predicted molar refractivity (Wildman–Crippen MR) is 89.0 cm³/mol. The average Bonchev–Trinajstić information content (AvgIpc) is 2.40. The fourth-order valence-electron chi connectivity index (χ4n) is 3.10. The van der Waals surface area contributed by atoms with E-state index in [9.17, 15) is 9.77 Å². The van der Waals surface area contributed by atoms with Crippen LogP contribution in [-0.2, 0) is 14.3 Å². The Morgan fingerprint density at radius 3 is 1.82 bits per heavy atom. The molecule has 0 aromatic rings. The third-order valence-electron chi connectivity index (χ3n) is 3.99. The minimum atomic E-state index is -3.07. The molecule has 1 heterocycles. The maximum Gasteiger partial charge on any atom is 0.341 e. The monoisotopic (exact) mass is 334 g/mol. The van der Waals surface area contributed by atoms with Gasteiger partial charge in [0, 0.05) is 24.2 Å². The standard InChI is InChI=1S/C15H33N3O3P/c1-7-9-16-22(20,17-10-8-2)21-13-11-14(3,4)18(19)15(5,6)12-13/h13H,7-12H2,1-6H3,(H2,16,17,20). The van der Waals surface area contributed by atoms with Crippen molar-refractivity contribution >= 4 is 7.67 Å². The summed E-state index contributed by atoms with van der Waals surface area (Å²) in [7, 11) is -3.07. The van der Waals surface area contributed by atoms with Crippen molar-refractivity contribution in [2.75, 3.05) is 13.1 Å². The lowest BCUT2D eigenvalue weighted by Crippen LogP contribution is -2.60. The number of hydrogen-bond donors (Lipinski definition) is 2. The molecule has 0 bridgehead atoms. The van der Waals surface area contributed by atoms with Gasteiger partial charge in [-0.25, -0.2) is 10.2 Å². The highest BCUT2D eigenvalue weighted by Crippen LogP contribution is 2.46. The lowest BCUT2D eigenvalue weighted by Gasteiger charge is -2.49. The zero-order valence-corrected chi connectivity index (χ0v) is 15.8. The van der Waals surface area contributed by atoms with E-state index in [2.05, 4.69) is 10.2 Å². The van der Waals surface area contributed by atoms with Gasteiger partial charge in [-0.1, -0.05) is 13.8 Å². The van der Waals surface area contributed by atoms with Crippen LogP contribution in [0.4, 0.5) is 0 Å². The van der Waals surface area contributed by atoms with Crippen LogP contribution in [0.1, 0.15) is 67.2 Å². The summed E-state index contributed by atoms with van der Waals surface area (Å²) in [5.74, 6) is 0. The van der Waals surface area contributed by atoms with Gasteiger partial charge < -0.3 is 4.52 Å². The third-order valence-corrected chi connectivity index (χ3v) is 5.87. The van der Waals surface area contributed by atoms with E-state index in [1.807, 2.05) is 41.5 Å². The van der Waals surface area contributed by atoms with Gasteiger partial charge in [-0.15, -0.1) is 10.3 Å². The second-order valence-corrected chi connectivity index (χ2v) is 9.37. The highest BCUT2D eigenvalue weighted by molar-refractivity contribution is 7.54. The van der Waals surface area contributed by atoms with Gasteiger partial charge in [-0.2, -0.15) is 0 Å². The van der Waals surface area contributed by atoms with Gasteiger partial charge in [-0.05, 0) is 53.4 Å².